The van der Waals surface area contributed by atoms with Crippen LogP contribution in [0.15, 0.2) is 46.9 Å². The summed E-state index contributed by atoms with van der Waals surface area (Å²) in [5, 5.41) is 0. The van der Waals surface area contributed by atoms with E-state index in [2.05, 4.69) is 57.8 Å². The van der Waals surface area contributed by atoms with Crippen molar-refractivity contribution in [3.63, 3.8) is 0 Å². The van der Waals surface area contributed by atoms with Crippen LogP contribution in [0.2, 0.25) is 0 Å². The molecule has 2 nitrogen and oxygen atoms in total. The van der Waals surface area contributed by atoms with Crippen molar-refractivity contribution in [1.82, 2.24) is 9.55 Å². The Morgan fingerprint density at radius 2 is 2.05 bits per heavy atom. The molecule has 2 aromatic carbocycles. The summed E-state index contributed by atoms with van der Waals surface area (Å²) in [5.41, 5.74) is 4.47. The van der Waals surface area contributed by atoms with Crippen LogP contribution in [-0.2, 0) is 6.42 Å². The van der Waals surface area contributed by atoms with Gasteiger partial charge in [0.05, 0.1) is 11.0 Å². The fourth-order valence-electron chi connectivity index (χ4n) is 2.41. The lowest BCUT2D eigenvalue weighted by Gasteiger charge is -2.09. The normalized spacial score (nSPS) is 11.2. The smallest absolute Gasteiger partial charge is 0.115 e. The summed E-state index contributed by atoms with van der Waals surface area (Å²) >= 11 is 9.42. The van der Waals surface area contributed by atoms with E-state index >= 15 is 0 Å². The number of fused-ring (bicyclic) bond motifs is 1. The van der Waals surface area contributed by atoms with E-state index in [1.54, 1.807) is 0 Å². The molecule has 4 heteroatoms. The Labute approximate surface area is 131 Å². The molecule has 0 atom stereocenters. The number of hydrogen-bond acceptors (Lipinski definition) is 1. The Morgan fingerprint density at radius 3 is 2.80 bits per heavy atom. The van der Waals surface area contributed by atoms with Crippen LogP contribution in [-0.4, -0.2) is 15.4 Å². The Bertz CT molecular complexity index is 764. The van der Waals surface area contributed by atoms with E-state index in [1.165, 1.54) is 5.56 Å². The Kier molecular flexibility index (Phi) is 3.81. The highest BCUT2D eigenvalue weighted by Crippen LogP contribution is 2.25. The predicted octanol–water partition coefficient (Wildman–Crippen LogP) is 4.88. The number of hydrogen-bond donors (Lipinski definition) is 0. The standard InChI is InChI=1S/C16H14BrClN2/c1-11-3-2-4-13(9-11)20-15-6-5-12(17)10-14(15)19-16(20)7-8-18/h2-6,9-10H,7-8H2,1H3. The van der Waals surface area contributed by atoms with Crippen molar-refractivity contribution in [3.05, 3.63) is 58.3 Å². The number of rotatable bonds is 3. The number of aromatic nitrogens is 2. The third kappa shape index (κ3) is 2.48. The van der Waals surface area contributed by atoms with Crippen LogP contribution in [0.3, 0.4) is 0 Å². The van der Waals surface area contributed by atoms with E-state index in [4.69, 9.17) is 16.6 Å². The van der Waals surface area contributed by atoms with Gasteiger partial charge in [0, 0.05) is 22.5 Å². The Hall–Kier alpha value is -1.32. The lowest BCUT2D eigenvalue weighted by atomic mass is 10.2. The lowest BCUT2D eigenvalue weighted by Crippen LogP contribution is -2.02. The third-order valence-corrected chi connectivity index (χ3v) is 3.95. The van der Waals surface area contributed by atoms with Crippen molar-refractivity contribution in [2.75, 3.05) is 5.88 Å². The Balaban J connectivity index is 2.28. The molecule has 1 heterocycles. The molecule has 3 aromatic rings. The molecule has 0 aliphatic heterocycles. The highest BCUT2D eigenvalue weighted by Gasteiger charge is 2.12. The topological polar surface area (TPSA) is 17.8 Å². The molecule has 3 rings (SSSR count). The predicted molar refractivity (Wildman–Crippen MR) is 87.9 cm³/mol. The summed E-state index contributed by atoms with van der Waals surface area (Å²) in [4.78, 5) is 4.72. The van der Waals surface area contributed by atoms with Gasteiger partial charge in [-0.2, -0.15) is 0 Å². The largest absolute Gasteiger partial charge is 0.296 e. The summed E-state index contributed by atoms with van der Waals surface area (Å²) in [6.07, 6.45) is 0.752. The molecule has 0 spiro atoms. The van der Waals surface area contributed by atoms with Gasteiger partial charge >= 0.3 is 0 Å². The van der Waals surface area contributed by atoms with Gasteiger partial charge in [-0.1, -0.05) is 28.1 Å². The van der Waals surface area contributed by atoms with Gasteiger partial charge in [0.1, 0.15) is 5.82 Å². The Morgan fingerprint density at radius 1 is 1.20 bits per heavy atom. The summed E-state index contributed by atoms with van der Waals surface area (Å²) in [5.74, 6) is 1.56. The molecular formula is C16H14BrClN2. The first kappa shape index (κ1) is 13.7. The molecule has 0 saturated heterocycles. The molecule has 102 valence electrons. The van der Waals surface area contributed by atoms with E-state index in [0.717, 1.165) is 33.4 Å². The first-order valence-corrected chi connectivity index (χ1v) is 7.81. The highest BCUT2D eigenvalue weighted by molar-refractivity contribution is 9.10. The summed E-state index contributed by atoms with van der Waals surface area (Å²) in [6.45, 7) is 2.10. The quantitative estimate of drug-likeness (QED) is 0.616. The fraction of sp³-hybridized carbons (Fsp3) is 0.188. The van der Waals surface area contributed by atoms with Gasteiger partial charge in [0.15, 0.2) is 0 Å². The first-order chi connectivity index (χ1) is 9.69. The fourth-order valence-corrected chi connectivity index (χ4v) is 2.93. The molecule has 0 amide bonds. The third-order valence-electron chi connectivity index (χ3n) is 3.26. The first-order valence-electron chi connectivity index (χ1n) is 6.49. The second-order valence-corrected chi connectivity index (χ2v) is 6.07. The summed E-state index contributed by atoms with van der Waals surface area (Å²) in [7, 11) is 0. The van der Waals surface area contributed by atoms with Crippen molar-refractivity contribution in [2.24, 2.45) is 0 Å². The van der Waals surface area contributed by atoms with E-state index in [-0.39, 0.29) is 0 Å². The van der Waals surface area contributed by atoms with Crippen molar-refractivity contribution in [3.8, 4) is 5.69 Å². The highest BCUT2D eigenvalue weighted by atomic mass is 79.9. The van der Waals surface area contributed by atoms with E-state index in [1.807, 2.05) is 12.1 Å². The molecule has 0 aliphatic carbocycles. The molecule has 0 saturated carbocycles. The zero-order valence-corrected chi connectivity index (χ0v) is 13.4. The summed E-state index contributed by atoms with van der Waals surface area (Å²) in [6, 6.07) is 14.6. The maximum atomic E-state index is 5.92. The second kappa shape index (κ2) is 5.58. The van der Waals surface area contributed by atoms with E-state index in [0.29, 0.717) is 5.88 Å². The number of imidazole rings is 1. The second-order valence-electron chi connectivity index (χ2n) is 4.77. The van der Waals surface area contributed by atoms with Crippen LogP contribution < -0.4 is 0 Å². The lowest BCUT2D eigenvalue weighted by molar-refractivity contribution is 0.911. The SMILES string of the molecule is Cc1cccc(-n2c(CCCl)nc3cc(Br)ccc32)c1. The van der Waals surface area contributed by atoms with Gasteiger partial charge in [-0.05, 0) is 42.8 Å². The number of halogens is 2. The van der Waals surface area contributed by atoms with Crippen LogP contribution in [0.5, 0.6) is 0 Å². The zero-order chi connectivity index (χ0) is 14.1. The molecule has 1 aromatic heterocycles. The van der Waals surface area contributed by atoms with Crippen molar-refractivity contribution in [2.45, 2.75) is 13.3 Å². The minimum absolute atomic E-state index is 0.566. The number of alkyl halides is 1. The molecule has 0 radical (unpaired) electrons. The van der Waals surface area contributed by atoms with Gasteiger partial charge in [-0.15, -0.1) is 11.6 Å². The van der Waals surface area contributed by atoms with Gasteiger partial charge in [0.2, 0.25) is 0 Å². The molecule has 20 heavy (non-hydrogen) atoms. The minimum Gasteiger partial charge on any atom is -0.296 e. The average Bonchev–Trinajstić information content (AvgIpc) is 2.76. The van der Waals surface area contributed by atoms with Gasteiger partial charge in [0.25, 0.3) is 0 Å². The van der Waals surface area contributed by atoms with Crippen LogP contribution >= 0.6 is 27.5 Å². The van der Waals surface area contributed by atoms with Crippen molar-refractivity contribution >= 4 is 38.6 Å². The van der Waals surface area contributed by atoms with E-state index < -0.39 is 0 Å². The zero-order valence-electron chi connectivity index (χ0n) is 11.1. The van der Waals surface area contributed by atoms with E-state index in [9.17, 15) is 0 Å². The maximum absolute atomic E-state index is 5.92. The van der Waals surface area contributed by atoms with Crippen molar-refractivity contribution in [1.29, 1.82) is 0 Å². The summed E-state index contributed by atoms with van der Waals surface area (Å²) < 4.78 is 3.23. The van der Waals surface area contributed by atoms with Gasteiger partial charge < -0.3 is 0 Å². The number of benzene rings is 2. The molecule has 0 N–H and O–H groups in total. The monoisotopic (exact) mass is 348 g/mol. The van der Waals surface area contributed by atoms with Crippen LogP contribution in [0.25, 0.3) is 16.7 Å². The number of nitrogens with zero attached hydrogens (tertiary/aromatic N) is 2. The van der Waals surface area contributed by atoms with Gasteiger partial charge in [-0.25, -0.2) is 4.98 Å². The average molecular weight is 350 g/mol. The maximum Gasteiger partial charge on any atom is 0.115 e. The molecule has 0 fully saturated rings. The van der Waals surface area contributed by atoms with Crippen molar-refractivity contribution < 1.29 is 0 Å². The molecule has 0 aliphatic rings. The molecular weight excluding hydrogens is 336 g/mol. The van der Waals surface area contributed by atoms with Gasteiger partial charge in [-0.3, -0.25) is 4.57 Å². The van der Waals surface area contributed by atoms with Crippen LogP contribution in [0.1, 0.15) is 11.4 Å². The molecule has 0 unspecified atom stereocenters. The van der Waals surface area contributed by atoms with Crippen LogP contribution in [0.4, 0.5) is 0 Å². The molecule has 0 bridgehead atoms. The minimum atomic E-state index is 0.566. The van der Waals surface area contributed by atoms with Crippen LogP contribution in [0, 0.1) is 6.92 Å². The number of aryl methyl sites for hydroxylation is 2.